The average molecular weight is 178 g/mol. The number of Topliss-reactive ketones (excluding diaryl/α,β-unsaturated/α-hetero) is 1. The summed E-state index contributed by atoms with van der Waals surface area (Å²) >= 11 is 0. The summed E-state index contributed by atoms with van der Waals surface area (Å²) in [5.41, 5.74) is 1.03. The molecule has 0 saturated carbocycles. The van der Waals surface area contributed by atoms with Gasteiger partial charge < -0.3 is 9.88 Å². The lowest BCUT2D eigenvalue weighted by molar-refractivity contribution is 0.0956. The number of nitrogens with one attached hydrogen (secondary N) is 1. The predicted molar refractivity (Wildman–Crippen MR) is 46.7 cm³/mol. The summed E-state index contributed by atoms with van der Waals surface area (Å²) in [5, 5.41) is 2.67. The molecular formula is C9H10N2O2. The fourth-order valence-corrected chi connectivity index (χ4v) is 1.51. The van der Waals surface area contributed by atoms with Gasteiger partial charge in [0.25, 0.3) is 5.91 Å². The third-order valence-corrected chi connectivity index (χ3v) is 2.14. The molecule has 0 fully saturated rings. The van der Waals surface area contributed by atoms with E-state index in [4.69, 9.17) is 0 Å². The van der Waals surface area contributed by atoms with Gasteiger partial charge in [-0.25, -0.2) is 0 Å². The maximum absolute atomic E-state index is 11.5. The lowest BCUT2D eigenvalue weighted by atomic mass is 10.1. The maximum atomic E-state index is 11.5. The molecule has 4 heteroatoms. The number of carbonyl (C=O) groups excluding carboxylic acids is 2. The Hall–Kier alpha value is -1.58. The van der Waals surface area contributed by atoms with Crippen LogP contribution in [0.5, 0.6) is 0 Å². The smallest absolute Gasteiger partial charge is 0.253 e. The van der Waals surface area contributed by atoms with Crippen LogP contribution in [0.4, 0.5) is 0 Å². The number of hydrogen-bond acceptors (Lipinski definition) is 2. The number of fused-ring (bicyclic) bond motifs is 1. The van der Waals surface area contributed by atoms with Gasteiger partial charge >= 0.3 is 0 Å². The Bertz CT molecular complexity index is 345. The van der Waals surface area contributed by atoms with Crippen molar-refractivity contribution in [2.24, 2.45) is 7.05 Å². The summed E-state index contributed by atoms with van der Waals surface area (Å²) in [7, 11) is 1.80. The third-order valence-electron chi connectivity index (χ3n) is 2.14. The summed E-state index contributed by atoms with van der Waals surface area (Å²) in [6.07, 6.45) is 3.76. The van der Waals surface area contributed by atoms with E-state index in [0.717, 1.165) is 0 Å². The molecule has 0 unspecified atom stereocenters. The van der Waals surface area contributed by atoms with Gasteiger partial charge in [0.1, 0.15) is 0 Å². The second-order valence-electron chi connectivity index (χ2n) is 3.18. The molecule has 1 N–H and O–H groups in total. The predicted octanol–water partition coefficient (Wildman–Crippen LogP) is 0.341. The number of amides is 1. The van der Waals surface area contributed by atoms with Gasteiger partial charge in [-0.05, 0) is 0 Å². The molecule has 1 amide bonds. The van der Waals surface area contributed by atoms with E-state index in [-0.39, 0.29) is 11.7 Å². The Kier molecular flexibility index (Phi) is 1.69. The molecule has 2 rings (SSSR count). The molecule has 0 saturated heterocycles. The van der Waals surface area contributed by atoms with E-state index in [2.05, 4.69) is 5.32 Å². The van der Waals surface area contributed by atoms with Crippen molar-refractivity contribution in [1.82, 2.24) is 9.88 Å². The van der Waals surface area contributed by atoms with Crippen molar-refractivity contribution >= 4 is 11.7 Å². The van der Waals surface area contributed by atoms with Crippen molar-refractivity contribution in [3.63, 3.8) is 0 Å². The van der Waals surface area contributed by atoms with Crippen LogP contribution in [0.25, 0.3) is 0 Å². The molecule has 1 aliphatic heterocycles. The first-order chi connectivity index (χ1) is 6.18. The zero-order valence-electron chi connectivity index (χ0n) is 7.33. The van der Waals surface area contributed by atoms with Crippen LogP contribution in [0.3, 0.4) is 0 Å². The Labute approximate surface area is 75.5 Å². The highest BCUT2D eigenvalue weighted by Crippen LogP contribution is 2.14. The lowest BCUT2D eigenvalue weighted by Gasteiger charge is -1.96. The molecule has 1 aromatic rings. The summed E-state index contributed by atoms with van der Waals surface area (Å²) in [6.45, 7) is 0.441. The topological polar surface area (TPSA) is 51.1 Å². The molecule has 0 radical (unpaired) electrons. The van der Waals surface area contributed by atoms with Crippen LogP contribution in [-0.4, -0.2) is 22.8 Å². The summed E-state index contributed by atoms with van der Waals surface area (Å²) in [6, 6.07) is 0. The number of hydrogen-bond donors (Lipinski definition) is 1. The maximum Gasteiger partial charge on any atom is 0.253 e. The Morgan fingerprint density at radius 1 is 1.31 bits per heavy atom. The van der Waals surface area contributed by atoms with Crippen molar-refractivity contribution in [3.8, 4) is 0 Å². The van der Waals surface area contributed by atoms with E-state index in [1.807, 2.05) is 0 Å². The van der Waals surface area contributed by atoms with E-state index in [0.29, 0.717) is 24.1 Å². The van der Waals surface area contributed by atoms with Gasteiger partial charge in [0.15, 0.2) is 5.78 Å². The second-order valence-corrected chi connectivity index (χ2v) is 3.18. The Balaban J connectivity index is 2.56. The first-order valence-corrected chi connectivity index (χ1v) is 4.16. The van der Waals surface area contributed by atoms with Gasteiger partial charge in [0.2, 0.25) is 0 Å². The summed E-state index contributed by atoms with van der Waals surface area (Å²) in [4.78, 5) is 22.8. The second kappa shape index (κ2) is 2.73. The number of aromatic nitrogens is 1. The molecule has 1 aliphatic rings. The number of nitrogens with zero attached hydrogens (tertiary/aromatic N) is 1. The molecule has 68 valence electrons. The number of carbonyl (C=O) groups is 2. The highest BCUT2D eigenvalue weighted by Gasteiger charge is 2.22. The van der Waals surface area contributed by atoms with Crippen molar-refractivity contribution in [2.75, 3.05) is 6.54 Å². The van der Waals surface area contributed by atoms with Crippen LogP contribution in [-0.2, 0) is 7.05 Å². The van der Waals surface area contributed by atoms with Crippen molar-refractivity contribution in [3.05, 3.63) is 23.5 Å². The van der Waals surface area contributed by atoms with Crippen LogP contribution in [0.15, 0.2) is 12.4 Å². The first-order valence-electron chi connectivity index (χ1n) is 4.16. The van der Waals surface area contributed by atoms with Crippen LogP contribution in [0.1, 0.15) is 27.1 Å². The van der Waals surface area contributed by atoms with Gasteiger partial charge in [-0.2, -0.15) is 0 Å². The number of aryl methyl sites for hydroxylation is 1. The van der Waals surface area contributed by atoms with E-state index in [1.165, 1.54) is 0 Å². The van der Waals surface area contributed by atoms with Gasteiger partial charge in [0, 0.05) is 38.0 Å². The fraction of sp³-hybridized carbons (Fsp3) is 0.333. The van der Waals surface area contributed by atoms with Gasteiger partial charge in [-0.3, -0.25) is 9.59 Å². The van der Waals surface area contributed by atoms with Crippen molar-refractivity contribution in [1.29, 1.82) is 0 Å². The molecular weight excluding hydrogens is 168 g/mol. The lowest BCUT2D eigenvalue weighted by Crippen LogP contribution is -2.22. The zero-order valence-corrected chi connectivity index (χ0v) is 7.33. The number of rotatable bonds is 0. The molecule has 0 spiro atoms. The van der Waals surface area contributed by atoms with E-state index >= 15 is 0 Å². The summed E-state index contributed by atoms with van der Waals surface area (Å²) in [5.74, 6) is -0.115. The Morgan fingerprint density at radius 3 is 2.77 bits per heavy atom. The molecule has 0 atom stereocenters. The highest BCUT2D eigenvalue weighted by molar-refractivity contribution is 6.09. The normalized spacial score (nSPS) is 16.4. The Morgan fingerprint density at radius 2 is 2.00 bits per heavy atom. The monoisotopic (exact) mass is 178 g/mol. The van der Waals surface area contributed by atoms with Crippen LogP contribution in [0, 0.1) is 0 Å². The molecule has 2 heterocycles. The van der Waals surface area contributed by atoms with E-state index in [9.17, 15) is 9.59 Å². The minimum Gasteiger partial charge on any atom is -0.356 e. The zero-order chi connectivity index (χ0) is 9.42. The minimum absolute atomic E-state index is 0.0361. The average Bonchev–Trinajstić information content (AvgIpc) is 2.41. The van der Waals surface area contributed by atoms with Crippen LogP contribution < -0.4 is 5.32 Å². The van der Waals surface area contributed by atoms with E-state index in [1.54, 1.807) is 24.0 Å². The van der Waals surface area contributed by atoms with Crippen molar-refractivity contribution < 1.29 is 9.59 Å². The quantitative estimate of drug-likeness (QED) is 0.622. The molecule has 13 heavy (non-hydrogen) atoms. The SMILES string of the molecule is Cn1cc2c(c1)C(=O)NCCC2=O. The molecule has 1 aromatic heterocycles. The first kappa shape index (κ1) is 8.04. The van der Waals surface area contributed by atoms with Gasteiger partial charge in [0.05, 0.1) is 5.56 Å². The largest absolute Gasteiger partial charge is 0.356 e. The van der Waals surface area contributed by atoms with Crippen LogP contribution >= 0.6 is 0 Å². The third kappa shape index (κ3) is 1.24. The molecule has 0 aromatic carbocycles. The van der Waals surface area contributed by atoms with Gasteiger partial charge in [-0.15, -0.1) is 0 Å². The molecule has 0 aliphatic carbocycles. The van der Waals surface area contributed by atoms with Crippen LogP contribution in [0.2, 0.25) is 0 Å². The summed E-state index contributed by atoms with van der Waals surface area (Å²) < 4.78 is 1.73. The fourth-order valence-electron chi connectivity index (χ4n) is 1.51. The van der Waals surface area contributed by atoms with Gasteiger partial charge in [-0.1, -0.05) is 0 Å². The molecule has 4 nitrogen and oxygen atoms in total. The standard InChI is InChI=1S/C9H10N2O2/c1-11-4-6-7(5-11)9(13)10-3-2-8(6)12/h4-5H,2-3H2,1H3,(H,10,13). The van der Waals surface area contributed by atoms with Crippen molar-refractivity contribution in [2.45, 2.75) is 6.42 Å². The highest BCUT2D eigenvalue weighted by atomic mass is 16.2. The minimum atomic E-state index is -0.151. The number of ketones is 1. The van der Waals surface area contributed by atoms with E-state index < -0.39 is 0 Å². The molecule has 0 bridgehead atoms.